The van der Waals surface area contributed by atoms with Crippen molar-refractivity contribution >= 4 is 10.8 Å². The van der Waals surface area contributed by atoms with Gasteiger partial charge < -0.3 is 5.32 Å². The Morgan fingerprint density at radius 1 is 1.00 bits per heavy atom. The molecule has 0 aliphatic carbocycles. The standard InChI is InChI=1S/C28H31N5/c1-32-28(16-27(31-32)23-10-9-20-6-2-3-7-21(20)14-23)26-19-33-13-11-22(26)15-25(33)18-29-17-24-8-4-5-12-30-24/h2-10,12,14,16,22,25-26,29H,11,13,15,17-19H2,1H3/t22-,25+,26+/m0/s1. The minimum atomic E-state index is 0.567. The molecule has 2 aromatic carbocycles. The highest BCUT2D eigenvalue weighted by Gasteiger charge is 2.41. The van der Waals surface area contributed by atoms with Gasteiger partial charge in [-0.1, -0.05) is 42.5 Å². The molecule has 3 aliphatic heterocycles. The van der Waals surface area contributed by atoms with Crippen molar-refractivity contribution in [3.8, 4) is 11.3 Å². The lowest BCUT2D eigenvalue weighted by Gasteiger charge is -2.50. The molecule has 5 heteroatoms. The molecule has 168 valence electrons. The van der Waals surface area contributed by atoms with Crippen LogP contribution in [-0.2, 0) is 13.6 Å². The Balaban J connectivity index is 1.15. The molecule has 4 aromatic rings. The molecule has 7 rings (SSSR count). The normalized spacial score (nSPS) is 24.4. The Morgan fingerprint density at radius 2 is 1.88 bits per heavy atom. The summed E-state index contributed by atoms with van der Waals surface area (Å²) in [5.41, 5.74) is 4.78. The van der Waals surface area contributed by atoms with E-state index in [-0.39, 0.29) is 0 Å². The summed E-state index contributed by atoms with van der Waals surface area (Å²) in [5.74, 6) is 1.30. The van der Waals surface area contributed by atoms with E-state index in [1.54, 1.807) is 0 Å². The largest absolute Gasteiger partial charge is 0.310 e. The number of hydrogen-bond donors (Lipinski definition) is 1. The third kappa shape index (κ3) is 4.07. The van der Waals surface area contributed by atoms with E-state index in [1.165, 1.54) is 41.4 Å². The van der Waals surface area contributed by atoms with E-state index < -0.39 is 0 Å². The van der Waals surface area contributed by atoms with Gasteiger partial charge in [0.2, 0.25) is 0 Å². The van der Waals surface area contributed by atoms with Crippen LogP contribution in [0.4, 0.5) is 0 Å². The summed E-state index contributed by atoms with van der Waals surface area (Å²) in [6.07, 6.45) is 4.42. The molecule has 3 saturated heterocycles. The molecular weight excluding hydrogens is 406 g/mol. The molecular formula is C28H31N5. The van der Waals surface area contributed by atoms with Crippen LogP contribution in [0, 0.1) is 5.92 Å². The van der Waals surface area contributed by atoms with Gasteiger partial charge in [-0.05, 0) is 60.3 Å². The smallest absolute Gasteiger partial charge is 0.0926 e. The number of fused-ring (bicyclic) bond motifs is 4. The summed E-state index contributed by atoms with van der Waals surface area (Å²) < 4.78 is 2.13. The maximum Gasteiger partial charge on any atom is 0.0926 e. The average Bonchev–Trinajstić information content (AvgIpc) is 3.26. The monoisotopic (exact) mass is 437 g/mol. The summed E-state index contributed by atoms with van der Waals surface area (Å²) in [7, 11) is 2.11. The first-order valence-corrected chi connectivity index (χ1v) is 12.1. The van der Waals surface area contributed by atoms with Gasteiger partial charge in [-0.3, -0.25) is 14.6 Å². The maximum absolute atomic E-state index is 4.93. The molecule has 5 nitrogen and oxygen atoms in total. The van der Waals surface area contributed by atoms with Gasteiger partial charge in [0.1, 0.15) is 0 Å². The van der Waals surface area contributed by atoms with E-state index >= 15 is 0 Å². The van der Waals surface area contributed by atoms with Crippen LogP contribution in [0.15, 0.2) is 72.9 Å². The van der Waals surface area contributed by atoms with Gasteiger partial charge in [0.25, 0.3) is 0 Å². The fourth-order valence-electron chi connectivity index (χ4n) is 5.87. The lowest BCUT2D eigenvalue weighted by molar-refractivity contribution is 0.0281. The molecule has 0 amide bonds. The molecule has 3 fully saturated rings. The lowest BCUT2D eigenvalue weighted by Crippen LogP contribution is -2.55. The minimum absolute atomic E-state index is 0.567. The second-order valence-corrected chi connectivity index (χ2v) is 9.63. The van der Waals surface area contributed by atoms with Crippen molar-refractivity contribution in [2.24, 2.45) is 13.0 Å². The van der Waals surface area contributed by atoms with E-state index in [4.69, 9.17) is 5.10 Å². The first-order chi connectivity index (χ1) is 16.2. The van der Waals surface area contributed by atoms with Gasteiger partial charge in [-0.15, -0.1) is 0 Å². The molecule has 2 aromatic heterocycles. The number of hydrogen-bond acceptors (Lipinski definition) is 4. The Labute approximate surface area is 195 Å². The van der Waals surface area contributed by atoms with Gasteiger partial charge in [0, 0.05) is 56.1 Å². The van der Waals surface area contributed by atoms with Crippen LogP contribution < -0.4 is 5.32 Å². The van der Waals surface area contributed by atoms with Gasteiger partial charge in [-0.25, -0.2) is 0 Å². The first-order valence-electron chi connectivity index (χ1n) is 12.1. The van der Waals surface area contributed by atoms with Gasteiger partial charge >= 0.3 is 0 Å². The predicted molar refractivity (Wildman–Crippen MR) is 133 cm³/mol. The van der Waals surface area contributed by atoms with Crippen molar-refractivity contribution in [2.45, 2.75) is 31.3 Å². The number of piperidine rings is 3. The maximum atomic E-state index is 4.93. The number of aromatic nitrogens is 3. The van der Waals surface area contributed by atoms with Crippen molar-refractivity contribution in [3.63, 3.8) is 0 Å². The predicted octanol–water partition coefficient (Wildman–Crippen LogP) is 4.60. The zero-order valence-electron chi connectivity index (χ0n) is 19.2. The minimum Gasteiger partial charge on any atom is -0.310 e. The first kappa shape index (κ1) is 20.6. The van der Waals surface area contributed by atoms with Crippen LogP contribution in [0.5, 0.6) is 0 Å². The zero-order valence-corrected chi connectivity index (χ0v) is 19.2. The van der Waals surface area contributed by atoms with Crippen LogP contribution in [0.25, 0.3) is 22.0 Å². The molecule has 4 atom stereocenters. The Bertz CT molecular complexity index is 1250. The Morgan fingerprint density at radius 3 is 2.70 bits per heavy atom. The van der Waals surface area contributed by atoms with E-state index in [0.29, 0.717) is 12.0 Å². The van der Waals surface area contributed by atoms with Crippen LogP contribution in [-0.4, -0.2) is 45.3 Å². The van der Waals surface area contributed by atoms with Crippen LogP contribution in [0.2, 0.25) is 0 Å². The summed E-state index contributed by atoms with van der Waals surface area (Å²) in [6.45, 7) is 4.23. The van der Waals surface area contributed by atoms with Crippen LogP contribution >= 0.6 is 0 Å². The quantitative estimate of drug-likeness (QED) is 0.479. The average molecular weight is 438 g/mol. The Hall–Kier alpha value is -3.02. The van der Waals surface area contributed by atoms with Gasteiger partial charge in [-0.2, -0.15) is 5.10 Å². The molecule has 3 aliphatic rings. The third-order valence-corrected chi connectivity index (χ3v) is 7.63. The van der Waals surface area contributed by atoms with Gasteiger partial charge in [0.15, 0.2) is 0 Å². The van der Waals surface area contributed by atoms with E-state index in [1.807, 2.05) is 12.3 Å². The van der Waals surface area contributed by atoms with E-state index in [9.17, 15) is 0 Å². The highest BCUT2D eigenvalue weighted by molar-refractivity contribution is 5.86. The number of benzene rings is 2. The van der Waals surface area contributed by atoms with Crippen molar-refractivity contribution < 1.29 is 0 Å². The number of rotatable bonds is 6. The molecule has 1 unspecified atom stereocenters. The summed E-state index contributed by atoms with van der Waals surface area (Å²) >= 11 is 0. The van der Waals surface area contributed by atoms with Crippen LogP contribution in [0.1, 0.15) is 30.1 Å². The van der Waals surface area contributed by atoms with Crippen LogP contribution in [0.3, 0.4) is 0 Å². The fraction of sp³-hybridized carbons (Fsp3) is 0.357. The highest BCUT2D eigenvalue weighted by Crippen LogP contribution is 2.42. The number of pyridine rings is 1. The third-order valence-electron chi connectivity index (χ3n) is 7.63. The fourth-order valence-corrected chi connectivity index (χ4v) is 5.87. The number of nitrogens with zero attached hydrogens (tertiary/aromatic N) is 4. The summed E-state index contributed by atoms with van der Waals surface area (Å²) in [6, 6.07) is 24.3. The summed E-state index contributed by atoms with van der Waals surface area (Å²) in [5, 5.41) is 11.1. The molecule has 1 N–H and O–H groups in total. The molecule has 0 saturated carbocycles. The Kier molecular flexibility index (Phi) is 5.44. The van der Waals surface area contributed by atoms with Gasteiger partial charge in [0.05, 0.1) is 11.4 Å². The molecule has 0 radical (unpaired) electrons. The number of nitrogens with one attached hydrogen (secondary N) is 1. The number of aryl methyl sites for hydroxylation is 1. The van der Waals surface area contributed by atoms with E-state index in [0.717, 1.165) is 36.9 Å². The topological polar surface area (TPSA) is 46.0 Å². The summed E-state index contributed by atoms with van der Waals surface area (Å²) in [4.78, 5) is 7.12. The second-order valence-electron chi connectivity index (χ2n) is 9.63. The SMILES string of the molecule is Cn1nc(-c2ccc3ccccc3c2)cc1[C@@H]1CN2CC[C@H]1C[C@@H]2CNCc1ccccn1. The van der Waals surface area contributed by atoms with E-state index in [2.05, 4.69) is 87.6 Å². The second kappa shape index (κ2) is 8.73. The highest BCUT2D eigenvalue weighted by atomic mass is 15.3. The molecule has 5 heterocycles. The van der Waals surface area contributed by atoms with Crippen molar-refractivity contribution in [1.29, 1.82) is 0 Å². The zero-order chi connectivity index (χ0) is 22.2. The van der Waals surface area contributed by atoms with Crippen molar-refractivity contribution in [2.75, 3.05) is 19.6 Å². The van der Waals surface area contributed by atoms with Crippen molar-refractivity contribution in [1.82, 2.24) is 25.0 Å². The van der Waals surface area contributed by atoms with Crippen molar-refractivity contribution in [3.05, 3.63) is 84.3 Å². The molecule has 0 spiro atoms. The lowest BCUT2D eigenvalue weighted by atomic mass is 9.74. The molecule has 2 bridgehead atoms. The molecule has 33 heavy (non-hydrogen) atoms.